The van der Waals surface area contributed by atoms with Gasteiger partial charge in [0, 0.05) is 55.6 Å². The summed E-state index contributed by atoms with van der Waals surface area (Å²) in [7, 11) is -3.16. The van der Waals surface area contributed by atoms with Crippen LogP contribution in [0.1, 0.15) is 38.5 Å². The summed E-state index contributed by atoms with van der Waals surface area (Å²) in [6.45, 7) is 2.76. The number of alkyl halides is 1. The number of fused-ring (bicyclic) bond motifs is 2. The van der Waals surface area contributed by atoms with E-state index in [0.29, 0.717) is 45.4 Å². The van der Waals surface area contributed by atoms with E-state index in [2.05, 4.69) is 15.8 Å². The van der Waals surface area contributed by atoms with Gasteiger partial charge >= 0.3 is 6.09 Å². The predicted octanol–water partition coefficient (Wildman–Crippen LogP) is 1.84. The average molecular weight is 516 g/mol. The Morgan fingerprint density at radius 1 is 1.03 bits per heavy atom. The van der Waals surface area contributed by atoms with Gasteiger partial charge in [-0.05, 0) is 44.4 Å². The largest absolute Gasteiger partial charge is 0.449 e. The number of hydrogen-bond acceptors (Lipinski definition) is 8. The smallest absolute Gasteiger partial charge is 0.409 e. The van der Waals surface area contributed by atoms with Gasteiger partial charge in [-0.25, -0.2) is 13.2 Å². The molecule has 0 aromatic rings. The maximum Gasteiger partial charge on any atom is 0.409 e. The van der Waals surface area contributed by atoms with Gasteiger partial charge in [0.25, 0.3) is 0 Å². The van der Waals surface area contributed by atoms with E-state index in [0.717, 1.165) is 19.3 Å². The first-order valence-electron chi connectivity index (χ1n) is 12.4. The molecule has 0 bridgehead atoms. The Bertz CT molecular complexity index is 934. The molecule has 0 radical (unpaired) electrons. The monoisotopic (exact) mass is 515 g/mol. The summed E-state index contributed by atoms with van der Waals surface area (Å²) in [4.78, 5) is 29.5. The van der Waals surface area contributed by atoms with Gasteiger partial charge < -0.3 is 14.5 Å². The predicted molar refractivity (Wildman–Crippen MR) is 125 cm³/mol. The van der Waals surface area contributed by atoms with Crippen molar-refractivity contribution in [3.05, 3.63) is 0 Å². The van der Waals surface area contributed by atoms with Crippen molar-refractivity contribution in [1.29, 1.82) is 0 Å². The molecular weight excluding hydrogens is 482 g/mol. The van der Waals surface area contributed by atoms with E-state index in [1.54, 1.807) is 4.90 Å². The molecule has 3 heterocycles. The summed E-state index contributed by atoms with van der Waals surface area (Å²) in [6.07, 6.45) is 5.03. The van der Waals surface area contributed by atoms with Crippen LogP contribution < -0.4 is 5.43 Å². The minimum Gasteiger partial charge on any atom is -0.449 e. The van der Waals surface area contributed by atoms with Crippen molar-refractivity contribution in [3.8, 4) is 0 Å². The van der Waals surface area contributed by atoms with Crippen LogP contribution in [0.3, 0.4) is 0 Å². The van der Waals surface area contributed by atoms with E-state index >= 15 is 0 Å². The fourth-order valence-corrected chi connectivity index (χ4v) is 8.27. The summed E-state index contributed by atoms with van der Waals surface area (Å²) in [5.41, 5.74) is 3.03. The number of rotatable bonds is 4. The Labute approximate surface area is 205 Å². The van der Waals surface area contributed by atoms with E-state index in [-0.39, 0.29) is 59.7 Å². The number of likely N-dealkylation sites (tertiary alicyclic amines) is 2. The number of hydrogen-bond donors (Lipinski definition) is 1. The quantitative estimate of drug-likeness (QED) is 0.570. The van der Waals surface area contributed by atoms with Gasteiger partial charge in [0.05, 0.1) is 23.9 Å². The van der Waals surface area contributed by atoms with Crippen molar-refractivity contribution in [3.63, 3.8) is 0 Å². The Morgan fingerprint density at radius 3 is 2.44 bits per heavy atom. The van der Waals surface area contributed by atoms with Crippen LogP contribution >= 0.6 is 11.6 Å². The zero-order valence-electron chi connectivity index (χ0n) is 19.5. The van der Waals surface area contributed by atoms with Crippen molar-refractivity contribution in [2.75, 3.05) is 39.0 Å². The van der Waals surface area contributed by atoms with Crippen LogP contribution in [0.25, 0.3) is 0 Å². The van der Waals surface area contributed by atoms with Crippen LogP contribution in [0.5, 0.6) is 0 Å². The second-order valence-electron chi connectivity index (χ2n) is 10.9. The first kappa shape index (κ1) is 24.1. The van der Waals surface area contributed by atoms with Crippen LogP contribution in [0, 0.1) is 23.7 Å². The molecule has 34 heavy (non-hydrogen) atoms. The van der Waals surface area contributed by atoms with E-state index in [1.807, 2.05) is 4.90 Å². The molecular formula is C22H34ClN5O5S. The molecule has 2 aliphatic carbocycles. The first-order chi connectivity index (χ1) is 16.2. The van der Waals surface area contributed by atoms with Crippen LogP contribution in [0.4, 0.5) is 4.79 Å². The van der Waals surface area contributed by atoms with Crippen LogP contribution in [-0.4, -0.2) is 92.0 Å². The van der Waals surface area contributed by atoms with Gasteiger partial charge in [-0.3, -0.25) is 10.2 Å². The van der Waals surface area contributed by atoms with E-state index < -0.39 is 15.1 Å². The molecule has 10 nitrogen and oxygen atoms in total. The van der Waals surface area contributed by atoms with Crippen molar-refractivity contribution < 1.29 is 22.7 Å². The minimum atomic E-state index is -3.16. The third kappa shape index (κ3) is 5.01. The van der Waals surface area contributed by atoms with Gasteiger partial charge in [0.2, 0.25) is 5.91 Å². The highest BCUT2D eigenvalue weighted by atomic mass is 35.5. The normalized spacial score (nSPS) is 39.5. The van der Waals surface area contributed by atoms with Crippen LogP contribution in [-0.2, 0) is 19.4 Å². The maximum absolute atomic E-state index is 13.1. The lowest BCUT2D eigenvalue weighted by atomic mass is 9.82. The Hall–Kier alpha value is -1.62. The zero-order valence-corrected chi connectivity index (χ0v) is 21.1. The molecule has 2 saturated carbocycles. The highest BCUT2D eigenvalue weighted by molar-refractivity contribution is 7.91. The number of halogens is 1. The molecule has 0 spiro atoms. The number of carbonyl (C=O) groups excluding carboxylic acids is 2. The number of sulfone groups is 1. The molecule has 4 fully saturated rings. The number of amides is 2. The summed E-state index contributed by atoms with van der Waals surface area (Å²) in [5, 5.41) is 7.43. The van der Waals surface area contributed by atoms with Gasteiger partial charge in [0.1, 0.15) is 9.84 Å². The van der Waals surface area contributed by atoms with E-state index in [1.165, 1.54) is 6.26 Å². The van der Waals surface area contributed by atoms with Gasteiger partial charge in [-0.2, -0.15) is 5.11 Å². The molecule has 2 saturated heterocycles. The van der Waals surface area contributed by atoms with Crippen molar-refractivity contribution in [2.45, 2.75) is 61.2 Å². The lowest BCUT2D eigenvalue weighted by Gasteiger charge is -2.32. The lowest BCUT2D eigenvalue weighted by Crippen LogP contribution is -2.44. The number of nitrogens with zero attached hydrogens (tertiary/aromatic N) is 4. The third-order valence-electron chi connectivity index (χ3n) is 8.40. The summed E-state index contributed by atoms with van der Waals surface area (Å²) < 4.78 is 29.5. The highest BCUT2D eigenvalue weighted by Gasteiger charge is 2.46. The molecule has 8 atom stereocenters. The molecule has 3 aliphatic heterocycles. The van der Waals surface area contributed by atoms with Gasteiger partial charge in [0.15, 0.2) is 0 Å². The molecule has 1 N–H and O–H groups in total. The Morgan fingerprint density at radius 2 is 1.74 bits per heavy atom. The number of ether oxygens (including phenoxy) is 1. The molecule has 0 aromatic heterocycles. The Balaban J connectivity index is 1.07. The van der Waals surface area contributed by atoms with Crippen LogP contribution in [0.2, 0.25) is 0 Å². The highest BCUT2D eigenvalue weighted by Crippen LogP contribution is 2.36. The van der Waals surface area contributed by atoms with Gasteiger partial charge in [-0.15, -0.1) is 11.6 Å². The number of carbonyl (C=O) groups is 2. The minimum absolute atomic E-state index is 0.0224. The van der Waals surface area contributed by atoms with E-state index in [4.69, 9.17) is 16.3 Å². The van der Waals surface area contributed by atoms with Gasteiger partial charge in [-0.1, -0.05) is 5.22 Å². The maximum atomic E-state index is 13.1. The first-order valence-corrected chi connectivity index (χ1v) is 14.7. The SMILES string of the molecule is CS(=O)(=O)C1CC(Cl)CC(COC(=O)N2CC3CN(C(=O)C4CCC5N=NNC5C4)CC3C2)C1. The summed E-state index contributed by atoms with van der Waals surface area (Å²) >= 11 is 6.28. The Kier molecular flexibility index (Phi) is 6.69. The topological polar surface area (TPSA) is 121 Å². The fraction of sp³-hybridized carbons (Fsp3) is 0.909. The lowest BCUT2D eigenvalue weighted by molar-refractivity contribution is -0.136. The van der Waals surface area contributed by atoms with E-state index in [9.17, 15) is 18.0 Å². The second kappa shape index (κ2) is 9.44. The average Bonchev–Trinajstić information content (AvgIpc) is 3.50. The zero-order chi connectivity index (χ0) is 24.0. The molecule has 8 unspecified atom stereocenters. The molecule has 2 amide bonds. The fourth-order valence-electron chi connectivity index (χ4n) is 6.49. The standard InChI is InChI=1S/C22H34ClN5O5S/c1-34(31,32)18-5-13(4-17(23)7-18)12-33-22(30)28-10-15-8-27(9-16(15)11-28)21(29)14-2-3-19-20(6-14)25-26-24-19/h13-20H,2-12H2,1H3,(H,24,25). The molecule has 0 aromatic carbocycles. The second-order valence-corrected chi connectivity index (χ2v) is 13.8. The van der Waals surface area contributed by atoms with Crippen molar-refractivity contribution in [2.24, 2.45) is 34.0 Å². The molecule has 12 heteroatoms. The summed E-state index contributed by atoms with van der Waals surface area (Å²) in [6, 6.07) is 0.392. The van der Waals surface area contributed by atoms with Crippen molar-refractivity contribution in [1.82, 2.24) is 15.2 Å². The van der Waals surface area contributed by atoms with Crippen LogP contribution in [0.15, 0.2) is 10.3 Å². The molecule has 5 rings (SSSR count). The summed E-state index contributed by atoms with van der Waals surface area (Å²) in [5.74, 6) is 0.760. The molecule has 190 valence electrons. The molecule has 5 aliphatic rings. The number of nitrogens with one attached hydrogen (secondary N) is 1. The van der Waals surface area contributed by atoms with Crippen molar-refractivity contribution >= 4 is 33.4 Å². The third-order valence-corrected chi connectivity index (χ3v) is 10.4.